The molecule has 0 bridgehead atoms. The van der Waals surface area contributed by atoms with E-state index in [2.05, 4.69) is 15.6 Å². The number of nitro groups is 1. The van der Waals surface area contributed by atoms with E-state index in [-0.39, 0.29) is 21.3 Å². The third kappa shape index (κ3) is 3.20. The van der Waals surface area contributed by atoms with Crippen molar-refractivity contribution in [2.24, 2.45) is 0 Å². The minimum absolute atomic E-state index is 0.0957. The number of nitrogens with one attached hydrogen (secondary N) is 2. The molecule has 2 aromatic rings. The van der Waals surface area contributed by atoms with Gasteiger partial charge in [-0.25, -0.2) is 4.98 Å². The standard InChI is InChI=1S/C12H10N4O4S/c1-13-10(17)7-4-2-3-5-8(7)11(18)15-12-14-6-9(21-12)16(19)20/h2-6H,1H3,(H,13,17)(H,14,15,18). The van der Waals surface area contributed by atoms with Crippen LogP contribution in [0.3, 0.4) is 0 Å². The molecule has 0 aliphatic carbocycles. The molecule has 1 aromatic heterocycles. The number of thiazole rings is 1. The third-order valence-corrected chi connectivity index (χ3v) is 3.40. The van der Waals surface area contributed by atoms with E-state index in [0.29, 0.717) is 0 Å². The first-order valence-electron chi connectivity index (χ1n) is 5.75. The maximum absolute atomic E-state index is 12.1. The van der Waals surface area contributed by atoms with Gasteiger partial charge in [-0.05, 0) is 23.5 Å². The Kier molecular flexibility index (Phi) is 4.24. The molecule has 0 aliphatic heterocycles. The van der Waals surface area contributed by atoms with Crippen molar-refractivity contribution >= 4 is 33.3 Å². The van der Waals surface area contributed by atoms with Crippen molar-refractivity contribution in [2.75, 3.05) is 12.4 Å². The van der Waals surface area contributed by atoms with Crippen LogP contribution in [0, 0.1) is 10.1 Å². The molecule has 0 spiro atoms. The first kappa shape index (κ1) is 14.6. The summed E-state index contributed by atoms with van der Waals surface area (Å²) in [5.41, 5.74) is 0.373. The lowest BCUT2D eigenvalue weighted by Crippen LogP contribution is -2.23. The quantitative estimate of drug-likeness (QED) is 0.658. The number of anilines is 1. The van der Waals surface area contributed by atoms with Gasteiger partial charge < -0.3 is 5.32 Å². The molecule has 21 heavy (non-hydrogen) atoms. The van der Waals surface area contributed by atoms with E-state index in [1.165, 1.54) is 19.2 Å². The second-order valence-corrected chi connectivity index (χ2v) is 4.85. The molecule has 2 amide bonds. The van der Waals surface area contributed by atoms with Crippen LogP contribution in [-0.2, 0) is 0 Å². The first-order valence-corrected chi connectivity index (χ1v) is 6.57. The number of hydrogen-bond acceptors (Lipinski definition) is 6. The minimum atomic E-state index is -0.591. The van der Waals surface area contributed by atoms with Crippen molar-refractivity contribution in [3.8, 4) is 0 Å². The van der Waals surface area contributed by atoms with E-state index in [1.54, 1.807) is 12.1 Å². The molecular weight excluding hydrogens is 296 g/mol. The van der Waals surface area contributed by atoms with Crippen LogP contribution in [0.5, 0.6) is 0 Å². The Bertz CT molecular complexity index is 713. The number of carbonyl (C=O) groups excluding carboxylic acids is 2. The molecule has 1 heterocycles. The summed E-state index contributed by atoms with van der Waals surface area (Å²) in [7, 11) is 1.46. The molecule has 0 fully saturated rings. The van der Waals surface area contributed by atoms with Gasteiger partial charge in [-0.15, -0.1) is 0 Å². The first-order chi connectivity index (χ1) is 10.0. The number of nitrogens with zero attached hydrogens (tertiary/aromatic N) is 2. The Labute approximate surface area is 123 Å². The van der Waals surface area contributed by atoms with Crippen LogP contribution in [0.2, 0.25) is 0 Å². The predicted molar refractivity (Wildman–Crippen MR) is 76.6 cm³/mol. The van der Waals surface area contributed by atoms with Crippen LogP contribution in [0.1, 0.15) is 20.7 Å². The maximum atomic E-state index is 12.1. The van der Waals surface area contributed by atoms with Gasteiger partial charge in [0.05, 0.1) is 16.1 Å². The van der Waals surface area contributed by atoms with Crippen LogP contribution >= 0.6 is 11.3 Å². The van der Waals surface area contributed by atoms with Gasteiger partial charge in [0, 0.05) is 7.05 Å². The lowest BCUT2D eigenvalue weighted by molar-refractivity contribution is -0.380. The molecule has 0 atom stereocenters. The average molecular weight is 306 g/mol. The maximum Gasteiger partial charge on any atom is 0.345 e. The summed E-state index contributed by atoms with van der Waals surface area (Å²) in [4.78, 5) is 37.5. The molecule has 1 aromatic carbocycles. The van der Waals surface area contributed by atoms with E-state index in [9.17, 15) is 19.7 Å². The van der Waals surface area contributed by atoms with Crippen molar-refractivity contribution in [3.63, 3.8) is 0 Å². The average Bonchev–Trinajstić information content (AvgIpc) is 2.95. The molecule has 9 heteroatoms. The molecule has 0 radical (unpaired) electrons. The molecule has 0 saturated heterocycles. The number of carbonyl (C=O) groups is 2. The smallest absolute Gasteiger partial charge is 0.345 e. The summed E-state index contributed by atoms with van der Waals surface area (Å²) < 4.78 is 0. The fourth-order valence-electron chi connectivity index (χ4n) is 1.59. The Balaban J connectivity index is 2.24. The summed E-state index contributed by atoms with van der Waals surface area (Å²) >= 11 is 0.741. The lowest BCUT2D eigenvalue weighted by Gasteiger charge is -2.07. The van der Waals surface area contributed by atoms with Crippen LogP contribution < -0.4 is 10.6 Å². The topological polar surface area (TPSA) is 114 Å². The monoisotopic (exact) mass is 306 g/mol. The number of amides is 2. The Morgan fingerprint density at radius 1 is 1.24 bits per heavy atom. The van der Waals surface area contributed by atoms with Crippen LogP contribution in [0.25, 0.3) is 0 Å². The van der Waals surface area contributed by atoms with Gasteiger partial charge in [0.15, 0.2) is 5.13 Å². The van der Waals surface area contributed by atoms with Crippen LogP contribution in [0.15, 0.2) is 30.5 Å². The van der Waals surface area contributed by atoms with Crippen molar-refractivity contribution in [1.82, 2.24) is 10.3 Å². The summed E-state index contributed by atoms with van der Waals surface area (Å²) in [5, 5.41) is 15.4. The fraction of sp³-hybridized carbons (Fsp3) is 0.0833. The van der Waals surface area contributed by atoms with Gasteiger partial charge >= 0.3 is 5.00 Å². The van der Waals surface area contributed by atoms with Gasteiger partial charge in [-0.3, -0.25) is 25.0 Å². The highest BCUT2D eigenvalue weighted by atomic mass is 32.1. The molecule has 0 aliphatic rings. The zero-order valence-electron chi connectivity index (χ0n) is 10.8. The highest BCUT2D eigenvalue weighted by Gasteiger charge is 2.18. The van der Waals surface area contributed by atoms with Crippen molar-refractivity contribution in [3.05, 3.63) is 51.7 Å². The highest BCUT2D eigenvalue weighted by molar-refractivity contribution is 7.18. The molecule has 8 nitrogen and oxygen atoms in total. The summed E-state index contributed by atoms with van der Waals surface area (Å²) in [6.07, 6.45) is 1.06. The van der Waals surface area contributed by atoms with Gasteiger partial charge in [-0.2, -0.15) is 0 Å². The Morgan fingerprint density at radius 3 is 2.38 bits per heavy atom. The molecular formula is C12H10N4O4S. The number of hydrogen-bond donors (Lipinski definition) is 2. The zero-order valence-corrected chi connectivity index (χ0v) is 11.6. The van der Waals surface area contributed by atoms with Crippen LogP contribution in [-0.4, -0.2) is 28.8 Å². The summed E-state index contributed by atoms with van der Waals surface area (Å²) in [6, 6.07) is 6.25. The number of benzene rings is 1. The SMILES string of the molecule is CNC(=O)c1ccccc1C(=O)Nc1ncc([N+](=O)[O-])s1. The molecule has 0 saturated carbocycles. The number of rotatable bonds is 4. The number of aromatic nitrogens is 1. The Hall–Kier alpha value is -2.81. The second-order valence-electron chi connectivity index (χ2n) is 3.84. The molecule has 2 rings (SSSR count). The normalized spacial score (nSPS) is 9.95. The van der Waals surface area contributed by atoms with Gasteiger partial charge in [0.1, 0.15) is 6.20 Å². The third-order valence-electron chi connectivity index (χ3n) is 2.54. The molecule has 108 valence electrons. The minimum Gasteiger partial charge on any atom is -0.355 e. The summed E-state index contributed by atoms with van der Waals surface area (Å²) in [6.45, 7) is 0. The van der Waals surface area contributed by atoms with Crippen LogP contribution in [0.4, 0.5) is 10.1 Å². The van der Waals surface area contributed by atoms with Crippen molar-refractivity contribution in [2.45, 2.75) is 0 Å². The van der Waals surface area contributed by atoms with Crippen molar-refractivity contribution in [1.29, 1.82) is 0 Å². The fourth-order valence-corrected chi connectivity index (χ4v) is 2.21. The van der Waals surface area contributed by atoms with Gasteiger partial charge in [-0.1, -0.05) is 12.1 Å². The zero-order chi connectivity index (χ0) is 15.4. The van der Waals surface area contributed by atoms with E-state index in [1.807, 2.05) is 0 Å². The Morgan fingerprint density at radius 2 is 1.86 bits per heavy atom. The molecule has 0 unspecified atom stereocenters. The van der Waals surface area contributed by atoms with Gasteiger partial charge in [0.25, 0.3) is 11.8 Å². The predicted octanol–water partition coefficient (Wildman–Crippen LogP) is 1.66. The van der Waals surface area contributed by atoms with Crippen molar-refractivity contribution < 1.29 is 14.5 Å². The summed E-state index contributed by atoms with van der Waals surface area (Å²) in [5.74, 6) is -0.954. The van der Waals surface area contributed by atoms with Gasteiger partial charge in [0.2, 0.25) is 0 Å². The van der Waals surface area contributed by atoms with E-state index in [4.69, 9.17) is 0 Å². The van der Waals surface area contributed by atoms with E-state index < -0.39 is 16.7 Å². The second kappa shape index (κ2) is 6.09. The highest BCUT2D eigenvalue weighted by Crippen LogP contribution is 2.25. The van der Waals surface area contributed by atoms with E-state index >= 15 is 0 Å². The lowest BCUT2D eigenvalue weighted by atomic mass is 10.1. The largest absolute Gasteiger partial charge is 0.355 e. The molecule has 2 N–H and O–H groups in total. The van der Waals surface area contributed by atoms with E-state index in [0.717, 1.165) is 17.5 Å².